The van der Waals surface area contributed by atoms with E-state index in [1.165, 1.54) is 18.2 Å². The highest BCUT2D eigenvalue weighted by Gasteiger charge is 2.04. The van der Waals surface area contributed by atoms with Crippen LogP contribution in [-0.4, -0.2) is 20.6 Å². The van der Waals surface area contributed by atoms with Crippen molar-refractivity contribution in [1.82, 2.24) is 0 Å². The second-order valence-corrected chi connectivity index (χ2v) is 2.40. The highest BCUT2D eigenvalue weighted by Crippen LogP contribution is 2.28. The maximum atomic E-state index is 11.9. The van der Waals surface area contributed by atoms with Gasteiger partial charge in [-0.25, -0.2) is 13.2 Å². The van der Waals surface area contributed by atoms with Crippen molar-refractivity contribution in [1.29, 1.82) is 0 Å². The number of halogens is 3. The van der Waals surface area contributed by atoms with Gasteiger partial charge in [-0.2, -0.15) is 0 Å². The summed E-state index contributed by atoms with van der Waals surface area (Å²) in [5, 5.41) is 0. The van der Waals surface area contributed by atoms with Gasteiger partial charge in [0.25, 0.3) is 0 Å². The second-order valence-electron chi connectivity index (χ2n) is 2.40. The first-order chi connectivity index (χ1) is 7.30. The van der Waals surface area contributed by atoms with Crippen LogP contribution in [-0.2, 0) is 0 Å². The van der Waals surface area contributed by atoms with E-state index in [0.717, 1.165) is 0 Å². The Labute approximate surface area is 84.4 Å². The smallest absolute Gasteiger partial charge is 0.228 e. The monoisotopic (exact) mass is 222 g/mol. The molecule has 0 aromatic heterocycles. The predicted molar refractivity (Wildman–Crippen MR) is 46.3 cm³/mol. The molecule has 0 N–H and O–H groups in total. The van der Waals surface area contributed by atoms with Crippen LogP contribution in [0.2, 0.25) is 0 Å². The van der Waals surface area contributed by atoms with Gasteiger partial charge in [0.1, 0.15) is 17.2 Å². The van der Waals surface area contributed by atoms with Crippen molar-refractivity contribution in [2.75, 3.05) is 20.6 Å². The Morgan fingerprint density at radius 3 is 1.13 bits per heavy atom. The fourth-order valence-corrected chi connectivity index (χ4v) is 0.985. The Morgan fingerprint density at radius 1 is 0.667 bits per heavy atom. The summed E-state index contributed by atoms with van der Waals surface area (Å²) in [6.07, 6.45) is 0. The number of rotatable bonds is 6. The second kappa shape index (κ2) is 6.00. The first-order valence-corrected chi connectivity index (χ1v) is 4.01. The van der Waals surface area contributed by atoms with Gasteiger partial charge in [-0.15, -0.1) is 0 Å². The lowest BCUT2D eigenvalue weighted by Crippen LogP contribution is -1.96. The molecular formula is C9H9F3O3. The Kier molecular flexibility index (Phi) is 4.59. The van der Waals surface area contributed by atoms with Crippen LogP contribution in [0.1, 0.15) is 0 Å². The minimum absolute atomic E-state index is 0.0758. The van der Waals surface area contributed by atoms with E-state index in [1.807, 2.05) is 0 Å². The van der Waals surface area contributed by atoms with E-state index in [-0.39, 0.29) is 17.2 Å². The van der Waals surface area contributed by atoms with Gasteiger partial charge in [-0.3, -0.25) is 0 Å². The van der Waals surface area contributed by atoms with Gasteiger partial charge in [-0.05, 0) is 0 Å². The molecule has 0 bridgehead atoms. The van der Waals surface area contributed by atoms with E-state index in [4.69, 9.17) is 0 Å². The van der Waals surface area contributed by atoms with Gasteiger partial charge < -0.3 is 14.2 Å². The molecule has 0 unspecified atom stereocenters. The maximum absolute atomic E-state index is 11.9. The minimum Gasteiger partial charge on any atom is -0.463 e. The van der Waals surface area contributed by atoms with Crippen molar-refractivity contribution in [2.24, 2.45) is 0 Å². The summed E-state index contributed by atoms with van der Waals surface area (Å²) in [4.78, 5) is 0. The van der Waals surface area contributed by atoms with Gasteiger partial charge >= 0.3 is 0 Å². The summed E-state index contributed by atoms with van der Waals surface area (Å²) in [6.45, 7) is -3.14. The van der Waals surface area contributed by atoms with E-state index in [0.29, 0.717) is 0 Å². The normalized spacial score (nSPS) is 9.80. The fraction of sp³-hybridized carbons (Fsp3) is 0.333. The molecule has 0 aliphatic rings. The molecular weight excluding hydrogens is 213 g/mol. The van der Waals surface area contributed by atoms with Gasteiger partial charge in [0.2, 0.25) is 20.6 Å². The molecule has 0 atom stereocenters. The van der Waals surface area contributed by atoms with Crippen LogP contribution in [0, 0.1) is 0 Å². The highest BCUT2D eigenvalue weighted by atomic mass is 19.1. The number of ether oxygens (including phenoxy) is 3. The molecule has 15 heavy (non-hydrogen) atoms. The number of benzene rings is 1. The van der Waals surface area contributed by atoms with Crippen LogP contribution < -0.4 is 14.2 Å². The van der Waals surface area contributed by atoms with E-state index >= 15 is 0 Å². The Balaban J connectivity index is 2.86. The van der Waals surface area contributed by atoms with Crippen LogP contribution in [0.4, 0.5) is 13.2 Å². The topological polar surface area (TPSA) is 27.7 Å². The molecule has 0 radical (unpaired) electrons. The van der Waals surface area contributed by atoms with Crippen LogP contribution in [0.3, 0.4) is 0 Å². The molecule has 0 fully saturated rings. The lowest BCUT2D eigenvalue weighted by Gasteiger charge is -2.08. The summed E-state index contributed by atoms with van der Waals surface area (Å²) in [5.41, 5.74) is 0. The molecule has 0 spiro atoms. The van der Waals surface area contributed by atoms with Crippen LogP contribution in [0.25, 0.3) is 0 Å². The third kappa shape index (κ3) is 3.57. The fourth-order valence-electron chi connectivity index (χ4n) is 0.985. The summed E-state index contributed by atoms with van der Waals surface area (Å²) in [7, 11) is 0. The van der Waals surface area contributed by atoms with Gasteiger partial charge in [0, 0.05) is 18.2 Å². The largest absolute Gasteiger partial charge is 0.463 e. The summed E-state index contributed by atoms with van der Waals surface area (Å²) in [5.74, 6) is 0.228. The van der Waals surface area contributed by atoms with Crippen molar-refractivity contribution in [3.63, 3.8) is 0 Å². The number of hydrogen-bond donors (Lipinski definition) is 0. The van der Waals surface area contributed by atoms with Crippen molar-refractivity contribution in [2.45, 2.75) is 0 Å². The third-order valence-electron chi connectivity index (χ3n) is 1.52. The lowest BCUT2D eigenvalue weighted by atomic mass is 10.3. The Bertz CT molecular complexity index is 247. The summed E-state index contributed by atoms with van der Waals surface area (Å²) < 4.78 is 49.1. The molecule has 1 aromatic carbocycles. The Hall–Kier alpha value is -1.59. The van der Waals surface area contributed by atoms with E-state index < -0.39 is 20.6 Å². The van der Waals surface area contributed by atoms with Crippen LogP contribution in [0.15, 0.2) is 18.2 Å². The van der Waals surface area contributed by atoms with Crippen molar-refractivity contribution in [3.05, 3.63) is 18.2 Å². The quantitative estimate of drug-likeness (QED) is 0.740. The molecule has 0 saturated carbocycles. The molecule has 0 aliphatic heterocycles. The molecule has 0 saturated heterocycles. The SMILES string of the molecule is FCOc1cc(OCF)cc(OCF)c1. The molecule has 0 aliphatic carbocycles. The molecule has 1 aromatic rings. The zero-order chi connectivity index (χ0) is 11.1. The molecule has 3 nitrogen and oxygen atoms in total. The predicted octanol–water partition coefficient (Wildman–Crippen LogP) is 2.60. The number of alkyl halides is 3. The van der Waals surface area contributed by atoms with Crippen molar-refractivity contribution < 1.29 is 27.4 Å². The van der Waals surface area contributed by atoms with Gasteiger partial charge in [-0.1, -0.05) is 0 Å². The number of hydrogen-bond acceptors (Lipinski definition) is 3. The third-order valence-corrected chi connectivity index (χ3v) is 1.52. The molecule has 84 valence electrons. The average Bonchev–Trinajstić information content (AvgIpc) is 2.19. The molecule has 1 rings (SSSR count). The first-order valence-electron chi connectivity index (χ1n) is 4.01. The summed E-state index contributed by atoms with van der Waals surface area (Å²) >= 11 is 0. The molecule has 0 heterocycles. The van der Waals surface area contributed by atoms with Crippen molar-refractivity contribution in [3.8, 4) is 17.2 Å². The zero-order valence-corrected chi connectivity index (χ0v) is 7.71. The lowest BCUT2D eigenvalue weighted by molar-refractivity contribution is 0.172. The average molecular weight is 222 g/mol. The maximum Gasteiger partial charge on any atom is 0.228 e. The van der Waals surface area contributed by atoms with Gasteiger partial charge in [0.15, 0.2) is 0 Å². The van der Waals surface area contributed by atoms with E-state index in [1.54, 1.807) is 0 Å². The first kappa shape index (κ1) is 11.5. The van der Waals surface area contributed by atoms with E-state index in [9.17, 15) is 13.2 Å². The van der Waals surface area contributed by atoms with Crippen molar-refractivity contribution >= 4 is 0 Å². The summed E-state index contributed by atoms with van der Waals surface area (Å²) in [6, 6.07) is 3.80. The Morgan fingerprint density at radius 2 is 0.933 bits per heavy atom. The molecule has 6 heteroatoms. The van der Waals surface area contributed by atoms with E-state index in [2.05, 4.69) is 14.2 Å². The van der Waals surface area contributed by atoms with Crippen LogP contribution in [0.5, 0.6) is 17.2 Å². The standard InChI is InChI=1S/C9H9F3O3/c10-4-13-7-1-8(14-5-11)3-9(2-7)15-6-12/h1-3H,4-6H2. The van der Waals surface area contributed by atoms with Gasteiger partial charge in [0.05, 0.1) is 0 Å². The minimum atomic E-state index is -1.05. The zero-order valence-electron chi connectivity index (χ0n) is 7.71. The molecule has 0 amide bonds. The highest BCUT2D eigenvalue weighted by molar-refractivity contribution is 5.41. The van der Waals surface area contributed by atoms with Crippen LogP contribution >= 0.6 is 0 Å².